The molecule has 8 nitrogen and oxygen atoms in total. The minimum atomic E-state index is -3.00. The number of ether oxygens (including phenoxy) is 1. The van der Waals surface area contributed by atoms with Gasteiger partial charge in [-0.1, -0.05) is 6.07 Å². The molecule has 3 aliphatic rings. The van der Waals surface area contributed by atoms with Crippen molar-refractivity contribution < 1.29 is 18.3 Å². The summed E-state index contributed by atoms with van der Waals surface area (Å²) in [4.78, 5) is 24.2. The van der Waals surface area contributed by atoms with Crippen LogP contribution in [-0.4, -0.2) is 44.0 Å². The molecule has 182 valence electrons. The molecule has 10 heteroatoms. The summed E-state index contributed by atoms with van der Waals surface area (Å²) < 4.78 is 33.2. The van der Waals surface area contributed by atoms with Crippen molar-refractivity contribution in [1.82, 2.24) is 24.5 Å². The summed E-state index contributed by atoms with van der Waals surface area (Å²) in [5, 5.41) is 4.87. The molecule has 1 amide bonds. The number of nitrogens with two attached hydrogens (primary N) is 1. The van der Waals surface area contributed by atoms with Crippen molar-refractivity contribution >= 4 is 11.6 Å². The molecule has 3 aromatic heterocycles. The normalized spacial score (nSPS) is 21.5. The number of carbonyl (C=O) groups is 1. The van der Waals surface area contributed by atoms with E-state index in [1.807, 2.05) is 24.3 Å². The summed E-state index contributed by atoms with van der Waals surface area (Å²) in [5.74, 6) is -0.619. The Hall–Kier alpha value is -3.92. The molecule has 36 heavy (non-hydrogen) atoms. The summed E-state index contributed by atoms with van der Waals surface area (Å²) in [6, 6.07) is 12.1. The Labute approximate surface area is 204 Å². The van der Waals surface area contributed by atoms with Crippen LogP contribution in [0, 0.1) is 0 Å². The van der Waals surface area contributed by atoms with Crippen LogP contribution in [0.25, 0.3) is 16.9 Å². The summed E-state index contributed by atoms with van der Waals surface area (Å²) in [5.41, 5.74) is 11.3. The van der Waals surface area contributed by atoms with Crippen molar-refractivity contribution in [3.8, 4) is 17.0 Å². The van der Waals surface area contributed by atoms with Gasteiger partial charge in [-0.2, -0.15) is 13.9 Å². The van der Waals surface area contributed by atoms with Crippen LogP contribution in [0.3, 0.4) is 0 Å². The lowest BCUT2D eigenvalue weighted by Crippen LogP contribution is -2.30. The minimum absolute atomic E-state index is 0.00410. The first-order valence-corrected chi connectivity index (χ1v) is 11.8. The number of amides is 1. The van der Waals surface area contributed by atoms with Crippen LogP contribution in [0.4, 0.5) is 8.78 Å². The third-order valence-corrected chi connectivity index (χ3v) is 7.65. The maximum Gasteiger partial charge on any atom is 0.387 e. The fraction of sp³-hybridized carbons (Fsp3) is 0.308. The Balaban J connectivity index is 1.39. The second-order valence-electron chi connectivity index (χ2n) is 9.78. The van der Waals surface area contributed by atoms with Gasteiger partial charge in [-0.15, -0.1) is 0 Å². The van der Waals surface area contributed by atoms with Crippen molar-refractivity contribution in [2.75, 3.05) is 7.05 Å². The highest BCUT2D eigenvalue weighted by Gasteiger charge is 2.46. The number of aromatic nitrogens is 4. The summed E-state index contributed by atoms with van der Waals surface area (Å²) in [7, 11) is 1.72. The molecule has 2 unspecified atom stereocenters. The van der Waals surface area contributed by atoms with Gasteiger partial charge in [-0.25, -0.2) is 9.50 Å². The average molecular weight is 488 g/mol. The van der Waals surface area contributed by atoms with Crippen molar-refractivity contribution in [2.24, 2.45) is 5.73 Å². The SMILES string of the molecule is CN1C(=O)c2cccc(OC(F)F)c2C2CC1c1nc3ccc(-c4ccc(C5(N)CC5)nc4)nn3c12. The predicted molar refractivity (Wildman–Crippen MR) is 126 cm³/mol. The minimum Gasteiger partial charge on any atom is -0.434 e. The molecule has 2 aliphatic carbocycles. The van der Waals surface area contributed by atoms with Crippen molar-refractivity contribution in [3.05, 3.63) is 76.9 Å². The van der Waals surface area contributed by atoms with Crippen LogP contribution >= 0.6 is 0 Å². The quantitative estimate of drug-likeness (QED) is 0.466. The smallest absolute Gasteiger partial charge is 0.387 e. The second-order valence-corrected chi connectivity index (χ2v) is 9.78. The van der Waals surface area contributed by atoms with Gasteiger partial charge in [-0.05, 0) is 55.7 Å². The van der Waals surface area contributed by atoms with Crippen LogP contribution in [0.5, 0.6) is 5.75 Å². The van der Waals surface area contributed by atoms with Crippen LogP contribution in [-0.2, 0) is 5.54 Å². The summed E-state index contributed by atoms with van der Waals surface area (Å²) >= 11 is 0. The third kappa shape index (κ3) is 3.00. The number of fused-ring (bicyclic) bond motifs is 9. The lowest BCUT2D eigenvalue weighted by Gasteiger charge is -2.23. The van der Waals surface area contributed by atoms with E-state index in [2.05, 4.69) is 4.98 Å². The van der Waals surface area contributed by atoms with E-state index in [9.17, 15) is 13.6 Å². The topological polar surface area (TPSA) is 98.6 Å². The summed E-state index contributed by atoms with van der Waals surface area (Å²) in [6.45, 7) is -3.00. The fourth-order valence-corrected chi connectivity index (χ4v) is 5.59. The van der Waals surface area contributed by atoms with Crippen LogP contribution in [0.2, 0.25) is 0 Å². The zero-order valence-corrected chi connectivity index (χ0v) is 19.4. The molecule has 4 heterocycles. The van der Waals surface area contributed by atoms with Gasteiger partial charge in [-0.3, -0.25) is 9.78 Å². The molecule has 0 saturated heterocycles. The average Bonchev–Trinajstić information content (AvgIpc) is 3.40. The molecular weight excluding hydrogens is 466 g/mol. The van der Waals surface area contributed by atoms with Crippen LogP contribution in [0.15, 0.2) is 48.7 Å². The molecular formula is C26H22F2N6O2. The Bertz CT molecular complexity index is 1550. The number of benzene rings is 1. The predicted octanol–water partition coefficient (Wildman–Crippen LogP) is 4.00. The highest BCUT2D eigenvalue weighted by Crippen LogP contribution is 2.52. The second kappa shape index (κ2) is 7.30. The van der Waals surface area contributed by atoms with Crippen molar-refractivity contribution in [3.63, 3.8) is 0 Å². The number of hydrogen-bond acceptors (Lipinski definition) is 6. The maximum absolute atomic E-state index is 13.3. The number of hydrogen-bond donors (Lipinski definition) is 1. The zero-order chi connectivity index (χ0) is 24.8. The van der Waals surface area contributed by atoms with Crippen LogP contribution in [0.1, 0.15) is 64.2 Å². The monoisotopic (exact) mass is 488 g/mol. The lowest BCUT2D eigenvalue weighted by molar-refractivity contribution is -0.0506. The third-order valence-electron chi connectivity index (χ3n) is 7.65. The first kappa shape index (κ1) is 21.4. The number of nitrogens with zero attached hydrogens (tertiary/aromatic N) is 5. The highest BCUT2D eigenvalue weighted by molar-refractivity contribution is 5.98. The zero-order valence-electron chi connectivity index (χ0n) is 19.4. The fourth-order valence-electron chi connectivity index (χ4n) is 5.59. The maximum atomic E-state index is 13.3. The molecule has 2 bridgehead atoms. The van der Waals surface area contributed by atoms with Gasteiger partial charge < -0.3 is 15.4 Å². The van der Waals surface area contributed by atoms with Gasteiger partial charge in [0.25, 0.3) is 5.91 Å². The Morgan fingerprint density at radius 3 is 2.72 bits per heavy atom. The van der Waals surface area contributed by atoms with Crippen molar-refractivity contribution in [1.29, 1.82) is 0 Å². The van der Waals surface area contributed by atoms with E-state index in [1.54, 1.807) is 34.8 Å². The lowest BCUT2D eigenvalue weighted by atomic mass is 9.91. The molecule has 1 fully saturated rings. The number of carbonyl (C=O) groups excluding carboxylic acids is 1. The first-order chi connectivity index (χ1) is 17.3. The molecule has 2 N–H and O–H groups in total. The van der Waals surface area contributed by atoms with Gasteiger partial charge in [0, 0.05) is 35.9 Å². The van der Waals surface area contributed by atoms with Gasteiger partial charge in [0.1, 0.15) is 5.75 Å². The number of pyridine rings is 1. The standard InChI is InChI=1S/C26H22F2N6O2/c1-33-17-11-15(21-14(24(33)35)3-2-4-18(21)36-25(27)28)23-22(17)31-20-8-6-16(32-34(20)23)13-5-7-19(30-12-13)26(29)9-10-26/h2-8,12,15,17,25H,9-11,29H2,1H3. The Morgan fingerprint density at radius 2 is 2.00 bits per heavy atom. The van der Waals surface area contributed by atoms with E-state index in [-0.39, 0.29) is 29.2 Å². The number of alkyl halides is 2. The van der Waals surface area contributed by atoms with E-state index in [0.29, 0.717) is 28.9 Å². The van der Waals surface area contributed by atoms with E-state index in [0.717, 1.165) is 35.5 Å². The van der Waals surface area contributed by atoms with Crippen molar-refractivity contribution in [2.45, 2.75) is 43.4 Å². The van der Waals surface area contributed by atoms with E-state index in [1.165, 1.54) is 6.07 Å². The largest absolute Gasteiger partial charge is 0.434 e. The van der Waals surface area contributed by atoms with Gasteiger partial charge in [0.2, 0.25) is 0 Å². The van der Waals surface area contributed by atoms with Crippen LogP contribution < -0.4 is 10.5 Å². The molecule has 0 radical (unpaired) electrons. The molecule has 4 aromatic rings. The summed E-state index contributed by atoms with van der Waals surface area (Å²) in [6.07, 6.45) is 4.15. The van der Waals surface area contributed by atoms with Gasteiger partial charge in [0.15, 0.2) is 5.65 Å². The number of rotatable bonds is 4. The molecule has 1 aromatic carbocycles. The molecule has 7 rings (SSSR count). The Kier molecular flexibility index (Phi) is 4.33. The highest BCUT2D eigenvalue weighted by atomic mass is 19.3. The number of halogens is 2. The van der Waals surface area contributed by atoms with E-state index >= 15 is 0 Å². The van der Waals surface area contributed by atoms with E-state index < -0.39 is 6.61 Å². The van der Waals surface area contributed by atoms with Gasteiger partial charge >= 0.3 is 6.61 Å². The number of imidazole rings is 1. The van der Waals surface area contributed by atoms with E-state index in [4.69, 9.17) is 20.6 Å². The van der Waals surface area contributed by atoms with Gasteiger partial charge in [0.05, 0.1) is 34.4 Å². The molecule has 1 aliphatic heterocycles. The molecule has 2 atom stereocenters. The first-order valence-electron chi connectivity index (χ1n) is 11.8. The molecule has 1 saturated carbocycles. The Morgan fingerprint density at radius 1 is 1.17 bits per heavy atom. The molecule has 0 spiro atoms.